The molecule has 6 nitrogen and oxygen atoms in total. The Bertz CT molecular complexity index is 1020. The van der Waals surface area contributed by atoms with Gasteiger partial charge in [0.2, 0.25) is 17.7 Å². The topological polar surface area (TPSA) is 69.7 Å². The van der Waals surface area contributed by atoms with Gasteiger partial charge in [0.05, 0.1) is 5.92 Å². The Balaban J connectivity index is 1.49. The average Bonchev–Trinajstić information content (AvgIpc) is 3.27. The molecule has 0 spiro atoms. The van der Waals surface area contributed by atoms with Crippen LogP contribution in [-0.2, 0) is 20.8 Å². The Morgan fingerprint density at radius 3 is 2.72 bits per heavy atom. The lowest BCUT2D eigenvalue weighted by molar-refractivity contribution is -0.122. The molecule has 2 aliphatic rings. The molecule has 1 saturated heterocycles. The first-order chi connectivity index (χ1) is 13.8. The number of benzene rings is 2. The van der Waals surface area contributed by atoms with E-state index in [1.165, 1.54) is 19.1 Å². The first-order valence-corrected chi connectivity index (χ1v) is 9.62. The van der Waals surface area contributed by atoms with Crippen LogP contribution in [0, 0.1) is 18.7 Å². The van der Waals surface area contributed by atoms with Crippen molar-refractivity contribution in [1.29, 1.82) is 0 Å². The summed E-state index contributed by atoms with van der Waals surface area (Å²) < 4.78 is 13.5. The summed E-state index contributed by atoms with van der Waals surface area (Å²) in [6, 6.07) is 9.82. The number of carbonyl (C=O) groups is 3. The number of carbonyl (C=O) groups excluding carboxylic acids is 3. The van der Waals surface area contributed by atoms with Crippen LogP contribution in [0.2, 0.25) is 0 Å². The van der Waals surface area contributed by atoms with E-state index in [0.29, 0.717) is 12.2 Å². The van der Waals surface area contributed by atoms with Gasteiger partial charge >= 0.3 is 0 Å². The van der Waals surface area contributed by atoms with Gasteiger partial charge in [0.25, 0.3) is 0 Å². The van der Waals surface area contributed by atoms with E-state index in [1.54, 1.807) is 22.8 Å². The van der Waals surface area contributed by atoms with Crippen LogP contribution in [0.3, 0.4) is 0 Å². The lowest BCUT2D eigenvalue weighted by atomic mass is 10.1. The summed E-state index contributed by atoms with van der Waals surface area (Å²) in [7, 11) is 0. The number of fused-ring (bicyclic) bond motifs is 1. The van der Waals surface area contributed by atoms with Crippen LogP contribution in [-0.4, -0.2) is 30.8 Å². The predicted octanol–water partition coefficient (Wildman–Crippen LogP) is 3.03. The lowest BCUT2D eigenvalue weighted by Crippen LogP contribution is -2.28. The number of rotatable bonds is 3. The fraction of sp³-hybridized carbons (Fsp3) is 0.318. The number of nitrogens with zero attached hydrogens (tertiary/aromatic N) is 2. The highest BCUT2D eigenvalue weighted by molar-refractivity contribution is 6.04. The van der Waals surface area contributed by atoms with Crippen LogP contribution in [0.25, 0.3) is 0 Å². The van der Waals surface area contributed by atoms with Crippen LogP contribution in [0.5, 0.6) is 0 Å². The van der Waals surface area contributed by atoms with E-state index in [4.69, 9.17) is 0 Å². The van der Waals surface area contributed by atoms with Crippen LogP contribution < -0.4 is 15.1 Å². The van der Waals surface area contributed by atoms with Crippen LogP contribution >= 0.6 is 0 Å². The van der Waals surface area contributed by atoms with Crippen molar-refractivity contribution in [2.45, 2.75) is 26.7 Å². The summed E-state index contributed by atoms with van der Waals surface area (Å²) in [5, 5.41) is 2.74. The Labute approximate surface area is 168 Å². The van der Waals surface area contributed by atoms with Crippen molar-refractivity contribution in [3.63, 3.8) is 0 Å². The maximum atomic E-state index is 13.5. The first-order valence-electron chi connectivity index (χ1n) is 9.62. The summed E-state index contributed by atoms with van der Waals surface area (Å²) in [5.74, 6) is -1.35. The van der Waals surface area contributed by atoms with E-state index < -0.39 is 11.7 Å². The number of amides is 3. The highest BCUT2D eigenvalue weighted by Gasteiger charge is 2.36. The van der Waals surface area contributed by atoms with E-state index >= 15 is 0 Å². The Morgan fingerprint density at radius 1 is 1.17 bits per heavy atom. The molecule has 7 heteroatoms. The molecule has 1 N–H and O–H groups in total. The Hall–Kier alpha value is -3.22. The van der Waals surface area contributed by atoms with Crippen molar-refractivity contribution in [2.75, 3.05) is 28.2 Å². The van der Waals surface area contributed by atoms with Crippen molar-refractivity contribution in [2.24, 2.45) is 5.92 Å². The van der Waals surface area contributed by atoms with Gasteiger partial charge in [0.15, 0.2) is 0 Å². The maximum absolute atomic E-state index is 13.5. The molecule has 1 fully saturated rings. The van der Waals surface area contributed by atoms with Crippen molar-refractivity contribution in [3.8, 4) is 0 Å². The third kappa shape index (κ3) is 3.60. The second-order valence-corrected chi connectivity index (χ2v) is 7.59. The average molecular weight is 395 g/mol. The minimum Gasteiger partial charge on any atom is -0.325 e. The van der Waals surface area contributed by atoms with Crippen LogP contribution in [0.4, 0.5) is 21.5 Å². The molecule has 1 atom stereocenters. The molecule has 0 bridgehead atoms. The van der Waals surface area contributed by atoms with E-state index in [0.717, 1.165) is 28.9 Å². The zero-order valence-electron chi connectivity index (χ0n) is 16.4. The summed E-state index contributed by atoms with van der Waals surface area (Å²) in [4.78, 5) is 40.3. The molecule has 0 saturated carbocycles. The zero-order valence-corrected chi connectivity index (χ0v) is 16.4. The minimum absolute atomic E-state index is 0.00174. The monoisotopic (exact) mass is 395 g/mol. The minimum atomic E-state index is -0.507. The van der Waals surface area contributed by atoms with Crippen molar-refractivity contribution < 1.29 is 18.8 Å². The second kappa shape index (κ2) is 7.31. The van der Waals surface area contributed by atoms with Crippen LogP contribution in [0.15, 0.2) is 36.4 Å². The molecule has 0 aliphatic carbocycles. The van der Waals surface area contributed by atoms with Crippen LogP contribution in [0.1, 0.15) is 24.5 Å². The van der Waals surface area contributed by atoms with E-state index in [9.17, 15) is 18.8 Å². The third-order valence-electron chi connectivity index (χ3n) is 5.60. The SMILES string of the molecule is CC(=O)N1CCc2cc(N3CC(C(=O)Nc4cc(F)ccc4C)CC3=O)ccc21. The summed E-state index contributed by atoms with van der Waals surface area (Å²) in [6.07, 6.45) is 0.852. The molecular formula is C22H22FN3O3. The number of aryl methyl sites for hydroxylation is 1. The number of nitrogens with one attached hydrogen (secondary N) is 1. The van der Waals surface area contributed by atoms with Gasteiger partial charge in [-0.1, -0.05) is 6.07 Å². The quantitative estimate of drug-likeness (QED) is 0.869. The summed E-state index contributed by atoms with van der Waals surface area (Å²) >= 11 is 0. The zero-order chi connectivity index (χ0) is 20.7. The van der Waals surface area contributed by atoms with Gasteiger partial charge < -0.3 is 15.1 Å². The molecular weight excluding hydrogens is 373 g/mol. The normalized spacial score (nSPS) is 18.2. The summed E-state index contributed by atoms with van der Waals surface area (Å²) in [6.45, 7) is 4.24. The van der Waals surface area contributed by atoms with Gasteiger partial charge in [-0.3, -0.25) is 14.4 Å². The van der Waals surface area contributed by atoms with Gasteiger partial charge in [-0.05, 0) is 54.8 Å². The van der Waals surface area contributed by atoms with Crippen molar-refractivity contribution in [1.82, 2.24) is 0 Å². The number of hydrogen-bond donors (Lipinski definition) is 1. The molecule has 2 aromatic rings. The standard InChI is InChI=1S/C22H22FN3O3/c1-13-3-4-17(23)11-19(13)24-22(29)16-10-21(28)26(12-16)18-5-6-20-15(9-18)7-8-25(20)14(2)27/h3-6,9,11,16H,7-8,10,12H2,1-2H3,(H,24,29). The molecule has 0 radical (unpaired) electrons. The highest BCUT2D eigenvalue weighted by atomic mass is 19.1. The Kier molecular flexibility index (Phi) is 4.82. The molecule has 0 aromatic heterocycles. The highest BCUT2D eigenvalue weighted by Crippen LogP contribution is 2.34. The molecule has 2 aliphatic heterocycles. The van der Waals surface area contributed by atoms with Gasteiger partial charge in [-0.25, -0.2) is 4.39 Å². The maximum Gasteiger partial charge on any atom is 0.229 e. The first kappa shape index (κ1) is 19.1. The lowest BCUT2D eigenvalue weighted by Gasteiger charge is -2.19. The van der Waals surface area contributed by atoms with Gasteiger partial charge in [-0.2, -0.15) is 0 Å². The fourth-order valence-corrected chi connectivity index (χ4v) is 3.98. The molecule has 4 rings (SSSR count). The van der Waals surface area contributed by atoms with Gasteiger partial charge in [0.1, 0.15) is 5.82 Å². The van der Waals surface area contributed by atoms with Gasteiger partial charge in [-0.15, -0.1) is 0 Å². The molecule has 2 heterocycles. The largest absolute Gasteiger partial charge is 0.325 e. The molecule has 3 amide bonds. The fourth-order valence-electron chi connectivity index (χ4n) is 3.98. The third-order valence-corrected chi connectivity index (χ3v) is 5.60. The van der Waals surface area contributed by atoms with Crippen molar-refractivity contribution in [3.05, 3.63) is 53.3 Å². The number of hydrogen-bond acceptors (Lipinski definition) is 3. The number of halogens is 1. The molecule has 29 heavy (non-hydrogen) atoms. The second-order valence-electron chi connectivity index (χ2n) is 7.59. The smallest absolute Gasteiger partial charge is 0.229 e. The Morgan fingerprint density at radius 2 is 1.97 bits per heavy atom. The van der Waals surface area contributed by atoms with E-state index in [1.807, 2.05) is 18.2 Å². The molecule has 1 unspecified atom stereocenters. The predicted molar refractivity (Wildman–Crippen MR) is 108 cm³/mol. The van der Waals surface area contributed by atoms with E-state index in [-0.39, 0.29) is 30.7 Å². The van der Waals surface area contributed by atoms with Crippen molar-refractivity contribution >= 4 is 34.8 Å². The molecule has 2 aromatic carbocycles. The number of anilines is 3. The summed E-state index contributed by atoms with van der Waals surface area (Å²) in [5.41, 5.74) is 3.81. The van der Waals surface area contributed by atoms with Gasteiger partial charge in [0, 0.05) is 43.5 Å². The molecule has 150 valence electrons. The van der Waals surface area contributed by atoms with E-state index in [2.05, 4.69) is 5.32 Å².